The van der Waals surface area contributed by atoms with E-state index in [0.29, 0.717) is 54.7 Å². The van der Waals surface area contributed by atoms with Crippen molar-refractivity contribution in [1.82, 2.24) is 29.8 Å². The highest BCUT2D eigenvalue weighted by molar-refractivity contribution is 7.16. The van der Waals surface area contributed by atoms with E-state index < -0.39 is 11.0 Å². The molecule has 1 amide bonds. The molecule has 0 saturated carbocycles. The summed E-state index contributed by atoms with van der Waals surface area (Å²) in [5.74, 6) is 2.34. The van der Waals surface area contributed by atoms with Crippen LogP contribution in [0.15, 0.2) is 21.6 Å². The Morgan fingerprint density at radius 3 is 2.64 bits per heavy atom. The fourth-order valence-electron chi connectivity index (χ4n) is 7.07. The molecule has 3 aromatic heterocycles. The molecule has 14 heteroatoms. The van der Waals surface area contributed by atoms with Crippen LogP contribution < -0.4 is 9.64 Å². The summed E-state index contributed by atoms with van der Waals surface area (Å²) < 4.78 is 18.2. The van der Waals surface area contributed by atoms with Crippen molar-refractivity contribution in [3.63, 3.8) is 0 Å². The second-order valence-electron chi connectivity index (χ2n) is 15.1. The van der Waals surface area contributed by atoms with E-state index >= 15 is 0 Å². The third-order valence-corrected chi connectivity index (χ3v) is 10.7. The SMILES string of the molecule is C[C@H]1CN(C)CCN1c1cc(OC2CCN(C(=O)OC(C)(C)C)CC2)nc(-c2cc(C3(C)CCCc4sc(N=CN(C)C)c(C#N)c43)on2)n1. The highest BCUT2D eigenvalue weighted by atomic mass is 32.1. The molecule has 2 atom stereocenters. The first-order chi connectivity index (χ1) is 23.7. The minimum absolute atomic E-state index is 0.117. The van der Waals surface area contributed by atoms with Crippen LogP contribution in [0.5, 0.6) is 5.88 Å². The van der Waals surface area contributed by atoms with Gasteiger partial charge in [-0.3, -0.25) is 0 Å². The number of hydrogen-bond acceptors (Lipinski definition) is 12. The fraction of sp³-hybridized carbons (Fsp3) is 0.611. The summed E-state index contributed by atoms with van der Waals surface area (Å²) >= 11 is 1.58. The standard InChI is InChI=1S/C36H49N9O4S/c1-23-21-43(8)16-17-45(23)29-19-30(47-24-11-14-44(15-12-24)34(46)48-35(2,3)4)40-32(39-29)26-18-28(49-41-26)36(5)13-9-10-27-31(36)25(20-37)33(50-27)38-22-42(6)7/h18-19,22-24H,9-17,21H2,1-8H3/t23-,36?/m0/s1. The van der Waals surface area contributed by atoms with Gasteiger partial charge < -0.3 is 33.6 Å². The number of ether oxygens (including phenoxy) is 2. The maximum atomic E-state index is 12.6. The van der Waals surface area contributed by atoms with Crippen LogP contribution in [0.4, 0.5) is 15.6 Å². The van der Waals surface area contributed by atoms with E-state index in [9.17, 15) is 10.1 Å². The second kappa shape index (κ2) is 14.2. The van der Waals surface area contributed by atoms with Crippen molar-refractivity contribution < 1.29 is 18.8 Å². The van der Waals surface area contributed by atoms with Crippen LogP contribution in [0.25, 0.3) is 11.5 Å². The number of anilines is 1. The number of piperidine rings is 1. The number of fused-ring (bicyclic) bond motifs is 1. The van der Waals surface area contributed by atoms with Gasteiger partial charge in [-0.05, 0) is 66.5 Å². The molecule has 0 radical (unpaired) electrons. The molecular formula is C36H49N9O4S. The zero-order valence-corrected chi connectivity index (χ0v) is 31.3. The normalized spacial score (nSPS) is 22.0. The molecule has 2 aliphatic heterocycles. The van der Waals surface area contributed by atoms with E-state index in [4.69, 9.17) is 24.0 Å². The molecule has 3 aliphatic rings. The summed E-state index contributed by atoms with van der Waals surface area (Å²) in [6.45, 7) is 13.7. The van der Waals surface area contributed by atoms with Crippen LogP contribution in [-0.4, -0.2) is 114 Å². The number of rotatable bonds is 7. The molecule has 0 bridgehead atoms. The van der Waals surface area contributed by atoms with Crippen LogP contribution in [0, 0.1) is 11.3 Å². The van der Waals surface area contributed by atoms with Gasteiger partial charge in [0.15, 0.2) is 11.5 Å². The molecule has 13 nitrogen and oxygen atoms in total. The van der Waals surface area contributed by atoms with E-state index in [2.05, 4.69) is 46.9 Å². The van der Waals surface area contributed by atoms with Gasteiger partial charge in [0.25, 0.3) is 0 Å². The van der Waals surface area contributed by atoms with Crippen LogP contribution in [0.3, 0.4) is 0 Å². The molecule has 0 aromatic carbocycles. The molecule has 2 fully saturated rings. The molecule has 268 valence electrons. The molecule has 0 N–H and O–H groups in total. The molecular weight excluding hydrogens is 655 g/mol. The lowest BCUT2D eigenvalue weighted by Crippen LogP contribution is -2.50. The van der Waals surface area contributed by atoms with Crippen LogP contribution in [0.1, 0.15) is 82.1 Å². The number of nitriles is 1. The number of aliphatic imine (C=N–C) groups is 1. The van der Waals surface area contributed by atoms with Crippen molar-refractivity contribution in [2.45, 2.75) is 89.9 Å². The van der Waals surface area contributed by atoms with Gasteiger partial charge in [0.1, 0.15) is 34.4 Å². The molecule has 50 heavy (non-hydrogen) atoms. The van der Waals surface area contributed by atoms with Gasteiger partial charge in [-0.2, -0.15) is 10.2 Å². The third kappa shape index (κ3) is 7.58. The average Bonchev–Trinajstić information content (AvgIpc) is 3.70. The van der Waals surface area contributed by atoms with Crippen molar-refractivity contribution in [3.8, 4) is 23.5 Å². The number of nitrogens with zero attached hydrogens (tertiary/aromatic N) is 9. The summed E-state index contributed by atoms with van der Waals surface area (Å²) in [7, 11) is 5.96. The highest BCUT2D eigenvalue weighted by Crippen LogP contribution is 2.50. The second-order valence-corrected chi connectivity index (χ2v) is 16.2. The maximum Gasteiger partial charge on any atom is 0.410 e. The predicted octanol–water partition coefficient (Wildman–Crippen LogP) is 5.85. The number of carbonyl (C=O) groups excluding carboxylic acids is 1. The van der Waals surface area contributed by atoms with Gasteiger partial charge in [-0.1, -0.05) is 5.16 Å². The quantitative estimate of drug-likeness (QED) is 0.217. The van der Waals surface area contributed by atoms with Crippen LogP contribution in [-0.2, 0) is 16.6 Å². The molecule has 0 spiro atoms. The molecule has 2 saturated heterocycles. The Kier molecular flexibility index (Phi) is 10.1. The van der Waals surface area contributed by atoms with E-state index in [1.807, 2.05) is 51.9 Å². The van der Waals surface area contributed by atoms with Gasteiger partial charge in [-0.15, -0.1) is 11.3 Å². The monoisotopic (exact) mass is 703 g/mol. The van der Waals surface area contributed by atoms with Gasteiger partial charge in [0, 0.05) is 82.7 Å². The molecule has 6 rings (SSSR count). The first kappa shape index (κ1) is 35.6. The zero-order chi connectivity index (χ0) is 35.8. The fourth-order valence-corrected chi connectivity index (χ4v) is 8.33. The number of aromatic nitrogens is 3. The van der Waals surface area contributed by atoms with E-state index in [1.165, 1.54) is 0 Å². The lowest BCUT2D eigenvalue weighted by atomic mass is 9.71. The van der Waals surface area contributed by atoms with Crippen molar-refractivity contribution >= 4 is 34.6 Å². The van der Waals surface area contributed by atoms with Crippen molar-refractivity contribution in [3.05, 3.63) is 33.9 Å². The number of aryl methyl sites for hydroxylation is 1. The number of likely N-dealkylation sites (tertiary alicyclic amines) is 1. The van der Waals surface area contributed by atoms with Crippen molar-refractivity contribution in [1.29, 1.82) is 5.26 Å². The molecule has 5 heterocycles. The third-order valence-electron chi connectivity index (χ3n) is 9.59. The van der Waals surface area contributed by atoms with E-state index in [1.54, 1.807) is 22.6 Å². The summed E-state index contributed by atoms with van der Waals surface area (Å²) in [5.41, 5.74) is 0.992. The van der Waals surface area contributed by atoms with Gasteiger partial charge >= 0.3 is 6.09 Å². The minimum atomic E-state index is -0.558. The Hall–Kier alpha value is -4.22. The van der Waals surface area contributed by atoms with Gasteiger partial charge in [0.2, 0.25) is 5.88 Å². The highest BCUT2D eigenvalue weighted by Gasteiger charge is 2.42. The number of likely N-dealkylation sites (N-methyl/N-ethyl adjacent to an activating group) is 1. The lowest BCUT2D eigenvalue weighted by molar-refractivity contribution is 0.0123. The molecule has 1 unspecified atom stereocenters. The molecule has 3 aromatic rings. The Morgan fingerprint density at radius 2 is 1.96 bits per heavy atom. The predicted molar refractivity (Wildman–Crippen MR) is 194 cm³/mol. The Morgan fingerprint density at radius 1 is 1.20 bits per heavy atom. The summed E-state index contributed by atoms with van der Waals surface area (Å²) in [6.07, 6.45) is 5.31. The lowest BCUT2D eigenvalue weighted by Gasteiger charge is -2.39. The molecule has 1 aliphatic carbocycles. The maximum absolute atomic E-state index is 12.6. The average molecular weight is 704 g/mol. The number of hydrogen-bond donors (Lipinski definition) is 0. The smallest absolute Gasteiger partial charge is 0.410 e. The van der Waals surface area contributed by atoms with E-state index in [0.717, 1.165) is 60.2 Å². The number of thiophene rings is 1. The van der Waals surface area contributed by atoms with Crippen molar-refractivity contribution in [2.75, 3.05) is 58.8 Å². The van der Waals surface area contributed by atoms with Crippen LogP contribution >= 0.6 is 11.3 Å². The first-order valence-corrected chi connectivity index (χ1v) is 18.3. The Balaban J connectivity index is 1.30. The summed E-state index contributed by atoms with van der Waals surface area (Å²) in [4.78, 5) is 36.5. The number of amides is 1. The zero-order valence-electron chi connectivity index (χ0n) is 30.5. The number of carbonyl (C=O) groups is 1. The van der Waals surface area contributed by atoms with Gasteiger partial charge in [-0.25, -0.2) is 14.8 Å². The van der Waals surface area contributed by atoms with Crippen LogP contribution in [0.2, 0.25) is 0 Å². The topological polar surface area (TPSA) is 136 Å². The Labute approximate surface area is 298 Å². The Bertz CT molecular complexity index is 1770. The van der Waals surface area contributed by atoms with Crippen molar-refractivity contribution in [2.24, 2.45) is 4.99 Å². The largest absolute Gasteiger partial charge is 0.474 e. The first-order valence-electron chi connectivity index (χ1n) is 17.5. The van der Waals surface area contributed by atoms with Gasteiger partial charge in [0.05, 0.1) is 17.3 Å². The minimum Gasteiger partial charge on any atom is -0.474 e. The summed E-state index contributed by atoms with van der Waals surface area (Å²) in [6, 6.07) is 6.52. The van der Waals surface area contributed by atoms with E-state index in [-0.39, 0.29) is 18.2 Å². The summed E-state index contributed by atoms with van der Waals surface area (Å²) in [5, 5.41) is 15.5. The number of piperazine rings is 1.